The average molecular weight is 472 g/mol. The summed E-state index contributed by atoms with van der Waals surface area (Å²) in [5.41, 5.74) is 8.50. The van der Waals surface area contributed by atoms with Crippen LogP contribution in [0.4, 0.5) is 5.69 Å². The molecule has 3 heterocycles. The van der Waals surface area contributed by atoms with Crippen molar-refractivity contribution in [1.29, 1.82) is 0 Å². The largest absolute Gasteiger partial charge is 0.477 e. The summed E-state index contributed by atoms with van der Waals surface area (Å²) < 4.78 is 0. The topological polar surface area (TPSA) is 139 Å². The van der Waals surface area contributed by atoms with Crippen molar-refractivity contribution >= 4 is 47.0 Å². The van der Waals surface area contributed by atoms with Crippen LogP contribution in [0.3, 0.4) is 0 Å². The molecule has 2 aromatic rings. The third kappa shape index (κ3) is 4.44. The highest BCUT2D eigenvalue weighted by Crippen LogP contribution is 2.41. The fourth-order valence-electron chi connectivity index (χ4n) is 3.53. The number of para-hydroxylation sites is 1. The van der Waals surface area contributed by atoms with Crippen molar-refractivity contribution in [2.45, 2.75) is 29.9 Å². The Labute approximate surface area is 192 Å². The number of aliphatic carboxylic acids is 1. The van der Waals surface area contributed by atoms with Gasteiger partial charge < -0.3 is 16.2 Å². The number of aromatic nitrogens is 2. The van der Waals surface area contributed by atoms with Crippen molar-refractivity contribution in [3.63, 3.8) is 0 Å². The van der Waals surface area contributed by atoms with Crippen LogP contribution < -0.4 is 11.1 Å². The number of anilines is 1. The number of rotatable bonds is 7. The number of aryl methyl sites for hydroxylation is 1. The molecule has 1 aromatic carbocycles. The molecule has 2 atom stereocenters. The maximum atomic E-state index is 12.8. The smallest absolute Gasteiger partial charge is 0.352 e. The molecule has 11 heteroatoms. The van der Waals surface area contributed by atoms with Crippen LogP contribution in [0, 0.1) is 6.92 Å². The quantitative estimate of drug-likeness (QED) is 0.237. The second-order valence-corrected chi connectivity index (χ2v) is 9.40. The van der Waals surface area contributed by atoms with Gasteiger partial charge in [-0.05, 0) is 30.2 Å². The molecule has 0 saturated carbocycles. The maximum Gasteiger partial charge on any atom is 0.352 e. The third-order valence-corrected chi connectivity index (χ3v) is 7.41. The highest BCUT2D eigenvalue weighted by Gasteiger charge is 2.54. The number of nitrogens with two attached hydrogens (primary N) is 1. The minimum Gasteiger partial charge on any atom is -0.477 e. The van der Waals surface area contributed by atoms with Gasteiger partial charge in [-0.2, -0.15) is 0 Å². The van der Waals surface area contributed by atoms with Crippen molar-refractivity contribution in [1.82, 2.24) is 20.2 Å². The number of thioether (sulfide) groups is 2. The number of benzene rings is 1. The number of hydrogen-bond acceptors (Lipinski definition) is 8. The Balaban J connectivity index is 1.44. The van der Waals surface area contributed by atoms with E-state index in [1.165, 1.54) is 28.4 Å². The van der Waals surface area contributed by atoms with E-state index in [2.05, 4.69) is 15.3 Å². The highest BCUT2D eigenvalue weighted by atomic mass is 32.2. The lowest BCUT2D eigenvalue weighted by Crippen LogP contribution is -2.70. The van der Waals surface area contributed by atoms with E-state index in [9.17, 15) is 19.5 Å². The van der Waals surface area contributed by atoms with Crippen molar-refractivity contribution < 1.29 is 19.5 Å². The third-order valence-electron chi connectivity index (χ3n) is 5.12. The van der Waals surface area contributed by atoms with Crippen LogP contribution in [0.5, 0.6) is 0 Å². The fraction of sp³-hybridized carbons (Fsp3) is 0.286. The van der Waals surface area contributed by atoms with Crippen molar-refractivity contribution in [3.8, 4) is 0 Å². The molecule has 1 saturated heterocycles. The Kier molecular flexibility index (Phi) is 6.38. The van der Waals surface area contributed by atoms with Gasteiger partial charge in [0.2, 0.25) is 5.91 Å². The monoisotopic (exact) mass is 471 g/mol. The van der Waals surface area contributed by atoms with Gasteiger partial charge in [0, 0.05) is 29.1 Å². The van der Waals surface area contributed by atoms with Crippen LogP contribution in [0.25, 0.3) is 0 Å². The van der Waals surface area contributed by atoms with Crippen molar-refractivity contribution in [2.24, 2.45) is 0 Å². The minimum absolute atomic E-state index is 0.0169. The Hall–Kier alpha value is -3.05. The SMILES string of the molecule is Cc1ccnc(SCC2=C(C(=O)O)N3C(=O)C(NC(=O)Cc4ccccc4N)[C@@H]3SC2)n1. The first-order valence-corrected chi connectivity index (χ1v) is 11.8. The summed E-state index contributed by atoms with van der Waals surface area (Å²) in [4.78, 5) is 47.0. The standard InChI is InChI=1S/C21H21N5O4S2/c1-11-6-7-23-21(24-11)32-10-13-9-31-19-16(18(28)26(19)17(13)20(29)30)25-15(27)8-12-4-2-3-5-14(12)22/h2-7,16,19H,8-10,22H2,1H3,(H,25,27)(H,29,30)/t16?,19-/m0/s1. The normalized spacial score (nSPS) is 19.9. The van der Waals surface area contributed by atoms with Gasteiger partial charge in [0.05, 0.1) is 6.42 Å². The number of carboxylic acids is 1. The molecule has 0 spiro atoms. The molecule has 2 aliphatic rings. The molecule has 32 heavy (non-hydrogen) atoms. The molecule has 2 amide bonds. The zero-order valence-corrected chi connectivity index (χ0v) is 18.8. The number of nitrogen functional groups attached to an aromatic ring is 1. The molecule has 0 bridgehead atoms. The van der Waals surface area contributed by atoms with Crippen LogP contribution in [0.2, 0.25) is 0 Å². The summed E-state index contributed by atoms with van der Waals surface area (Å²) in [6.07, 6.45) is 1.70. The van der Waals surface area contributed by atoms with E-state index < -0.39 is 23.3 Å². The molecule has 1 fully saturated rings. The van der Waals surface area contributed by atoms with Crippen LogP contribution in [0.15, 0.2) is 53.0 Å². The van der Waals surface area contributed by atoms with Gasteiger partial charge in [-0.1, -0.05) is 30.0 Å². The van der Waals surface area contributed by atoms with Crippen molar-refractivity contribution in [2.75, 3.05) is 17.2 Å². The highest BCUT2D eigenvalue weighted by molar-refractivity contribution is 8.01. The number of amides is 2. The molecular weight excluding hydrogens is 450 g/mol. The second-order valence-electron chi connectivity index (χ2n) is 7.36. The predicted octanol–water partition coefficient (Wildman–Crippen LogP) is 1.44. The van der Waals surface area contributed by atoms with Gasteiger partial charge in [0.1, 0.15) is 17.1 Å². The van der Waals surface area contributed by atoms with E-state index in [0.717, 1.165) is 5.69 Å². The number of nitrogens with one attached hydrogen (secondary N) is 1. The predicted molar refractivity (Wildman–Crippen MR) is 122 cm³/mol. The lowest BCUT2D eigenvalue weighted by atomic mass is 10.0. The summed E-state index contributed by atoms with van der Waals surface area (Å²) in [5, 5.41) is 12.6. The molecule has 0 radical (unpaired) electrons. The molecule has 1 unspecified atom stereocenters. The number of carbonyl (C=O) groups excluding carboxylic acids is 2. The molecule has 166 valence electrons. The molecule has 2 aliphatic heterocycles. The van der Waals surface area contributed by atoms with Gasteiger partial charge >= 0.3 is 5.97 Å². The zero-order valence-electron chi connectivity index (χ0n) is 17.1. The lowest BCUT2D eigenvalue weighted by Gasteiger charge is -2.49. The summed E-state index contributed by atoms with van der Waals surface area (Å²) in [5.74, 6) is -1.12. The Morgan fingerprint density at radius 3 is 2.84 bits per heavy atom. The number of hydrogen-bond donors (Lipinski definition) is 3. The first-order chi connectivity index (χ1) is 15.3. The van der Waals surface area contributed by atoms with Gasteiger partial charge in [0.15, 0.2) is 5.16 Å². The Bertz CT molecular complexity index is 1120. The second kappa shape index (κ2) is 9.21. The molecule has 4 rings (SSSR count). The van der Waals surface area contributed by atoms with E-state index in [4.69, 9.17) is 5.73 Å². The Morgan fingerprint density at radius 2 is 2.12 bits per heavy atom. The minimum atomic E-state index is -1.16. The number of carboxylic acid groups (broad SMARTS) is 1. The fourth-order valence-corrected chi connectivity index (χ4v) is 5.90. The summed E-state index contributed by atoms with van der Waals surface area (Å²) in [7, 11) is 0. The maximum absolute atomic E-state index is 12.8. The lowest BCUT2D eigenvalue weighted by molar-refractivity contribution is -0.150. The first-order valence-electron chi connectivity index (χ1n) is 9.80. The average Bonchev–Trinajstić information content (AvgIpc) is 2.77. The summed E-state index contributed by atoms with van der Waals surface area (Å²) in [6.45, 7) is 1.86. The van der Waals surface area contributed by atoms with Crippen LogP contribution in [-0.4, -0.2) is 60.7 Å². The van der Waals surface area contributed by atoms with Crippen molar-refractivity contribution in [3.05, 3.63) is 59.1 Å². The number of β-lactam (4-membered cyclic amide) rings is 1. The van der Waals surface area contributed by atoms with E-state index in [1.54, 1.807) is 36.5 Å². The first kappa shape index (κ1) is 22.2. The van der Waals surface area contributed by atoms with Crippen LogP contribution in [-0.2, 0) is 20.8 Å². The number of fused-ring (bicyclic) bond motifs is 1. The number of carbonyl (C=O) groups is 3. The molecule has 1 aromatic heterocycles. The summed E-state index contributed by atoms with van der Waals surface area (Å²) in [6, 6.07) is 8.06. The van der Waals surface area contributed by atoms with Crippen LogP contribution >= 0.6 is 23.5 Å². The van der Waals surface area contributed by atoms with Gasteiger partial charge in [-0.25, -0.2) is 14.8 Å². The molecule has 0 aliphatic carbocycles. The van der Waals surface area contributed by atoms with E-state index in [-0.39, 0.29) is 18.0 Å². The molecular formula is C21H21N5O4S2. The summed E-state index contributed by atoms with van der Waals surface area (Å²) >= 11 is 2.76. The molecule has 4 N–H and O–H groups in total. The number of nitrogens with zero attached hydrogens (tertiary/aromatic N) is 3. The van der Waals surface area contributed by atoms with Gasteiger partial charge in [-0.3, -0.25) is 14.5 Å². The van der Waals surface area contributed by atoms with E-state index >= 15 is 0 Å². The zero-order chi connectivity index (χ0) is 22.8. The van der Waals surface area contributed by atoms with E-state index in [1.807, 2.05) is 6.92 Å². The van der Waals surface area contributed by atoms with Gasteiger partial charge in [-0.15, -0.1) is 11.8 Å². The van der Waals surface area contributed by atoms with E-state index in [0.29, 0.717) is 33.5 Å². The van der Waals surface area contributed by atoms with Gasteiger partial charge in [0.25, 0.3) is 5.91 Å². The molecule has 9 nitrogen and oxygen atoms in total. The Morgan fingerprint density at radius 1 is 1.34 bits per heavy atom. The van der Waals surface area contributed by atoms with Crippen LogP contribution in [0.1, 0.15) is 11.3 Å².